The zero-order chi connectivity index (χ0) is 24.6. The highest BCUT2D eigenvalue weighted by atomic mass is 16.3. The molecule has 37 heavy (non-hydrogen) atoms. The van der Waals surface area contributed by atoms with Crippen LogP contribution in [0.3, 0.4) is 0 Å². The highest BCUT2D eigenvalue weighted by Gasteiger charge is 2.19. The molecule has 1 aromatic heterocycles. The van der Waals surface area contributed by atoms with E-state index in [2.05, 4.69) is 109 Å². The molecule has 0 saturated heterocycles. The molecule has 8 rings (SSSR count). The van der Waals surface area contributed by atoms with E-state index in [0.717, 1.165) is 33.4 Å². The second kappa shape index (κ2) is 8.96. The van der Waals surface area contributed by atoms with Gasteiger partial charge in [0.1, 0.15) is 11.5 Å². The molecule has 6 aromatic carbocycles. The Hall–Kier alpha value is -4.88. The summed E-state index contributed by atoms with van der Waals surface area (Å²) >= 11 is 0. The number of fused-ring (bicyclic) bond motifs is 4. The zero-order valence-corrected chi connectivity index (χ0v) is 20.3. The Morgan fingerprint density at radius 1 is 0.324 bits per heavy atom. The summed E-state index contributed by atoms with van der Waals surface area (Å²) < 4.78 is 6.24. The molecule has 0 saturated carbocycles. The maximum atomic E-state index is 6.24. The molecule has 0 fully saturated rings. The van der Waals surface area contributed by atoms with E-state index >= 15 is 0 Å². The number of hydrogen-bond donors (Lipinski definition) is 0. The summed E-state index contributed by atoms with van der Waals surface area (Å²) in [5, 5.41) is 5.06. The third-order valence-electron chi connectivity index (χ3n) is 7.10. The van der Waals surface area contributed by atoms with Gasteiger partial charge in [-0.05, 0) is 33.0 Å². The van der Waals surface area contributed by atoms with E-state index in [0.29, 0.717) is 0 Å². The van der Waals surface area contributed by atoms with Crippen molar-refractivity contribution in [2.45, 2.75) is 0 Å². The van der Waals surface area contributed by atoms with Crippen LogP contribution in [0.15, 0.2) is 150 Å². The molecule has 1 aliphatic rings. The molecule has 1 heteroatoms. The van der Waals surface area contributed by atoms with E-state index in [-0.39, 0.29) is 0 Å². The lowest BCUT2D eigenvalue weighted by Gasteiger charge is -2.00. The van der Waals surface area contributed by atoms with E-state index in [9.17, 15) is 0 Å². The second-order valence-corrected chi connectivity index (χ2v) is 9.29. The minimum absolute atomic E-state index is 0.935. The highest BCUT2D eigenvalue weighted by molar-refractivity contribution is 6.15. The van der Waals surface area contributed by atoms with Crippen LogP contribution in [0.4, 0.5) is 0 Å². The van der Waals surface area contributed by atoms with Crippen LogP contribution >= 0.6 is 0 Å². The molecular weight excluding hydrogens is 448 g/mol. The minimum Gasteiger partial charge on any atom is -0.455 e. The monoisotopic (exact) mass is 472 g/mol. The molecule has 0 aliphatic heterocycles. The molecule has 0 spiro atoms. The number of benzene rings is 6. The van der Waals surface area contributed by atoms with Gasteiger partial charge in [0.25, 0.3) is 0 Å². The van der Waals surface area contributed by atoms with Crippen LogP contribution in [-0.4, -0.2) is 0 Å². The molecule has 0 bridgehead atoms. The van der Waals surface area contributed by atoms with E-state index < -0.39 is 0 Å². The molecule has 0 N–H and O–H groups in total. The first-order chi connectivity index (χ1) is 18.4. The van der Waals surface area contributed by atoms with Gasteiger partial charge < -0.3 is 4.42 Å². The highest BCUT2D eigenvalue weighted by Crippen LogP contribution is 2.46. The average molecular weight is 473 g/mol. The molecule has 0 amide bonds. The van der Waals surface area contributed by atoms with Gasteiger partial charge in [0.2, 0.25) is 0 Å². The summed E-state index contributed by atoms with van der Waals surface area (Å²) in [5.74, 6) is 1.87. The van der Waals surface area contributed by atoms with Crippen LogP contribution < -0.4 is 0 Å². The predicted molar refractivity (Wildman–Crippen MR) is 155 cm³/mol. The van der Waals surface area contributed by atoms with Crippen LogP contribution in [0.25, 0.3) is 66.4 Å². The van der Waals surface area contributed by atoms with E-state index in [1.54, 1.807) is 0 Å². The van der Waals surface area contributed by atoms with Crippen molar-refractivity contribution in [1.29, 1.82) is 0 Å². The van der Waals surface area contributed by atoms with Crippen molar-refractivity contribution < 1.29 is 4.42 Å². The van der Waals surface area contributed by atoms with Gasteiger partial charge in [0.15, 0.2) is 0 Å². The largest absolute Gasteiger partial charge is 0.455 e. The first-order valence-electron chi connectivity index (χ1n) is 12.6. The third kappa shape index (κ3) is 3.64. The molecule has 0 radical (unpaired) electrons. The summed E-state index contributed by atoms with van der Waals surface area (Å²) in [6.07, 6.45) is 0. The fourth-order valence-corrected chi connectivity index (χ4v) is 5.44. The summed E-state index contributed by atoms with van der Waals surface area (Å²) in [5.41, 5.74) is 7.71. The Balaban J connectivity index is 0.000000129. The van der Waals surface area contributed by atoms with Crippen molar-refractivity contribution >= 4 is 21.5 Å². The zero-order valence-electron chi connectivity index (χ0n) is 20.3. The van der Waals surface area contributed by atoms with Gasteiger partial charge >= 0.3 is 0 Å². The van der Waals surface area contributed by atoms with Crippen molar-refractivity contribution in [3.63, 3.8) is 0 Å². The lowest BCUT2D eigenvalue weighted by molar-refractivity contribution is 0.602. The Bertz CT molecular complexity index is 1730. The quantitative estimate of drug-likeness (QED) is 0.244. The van der Waals surface area contributed by atoms with Crippen molar-refractivity contribution in [1.82, 2.24) is 0 Å². The van der Waals surface area contributed by atoms with Crippen LogP contribution in [0.1, 0.15) is 0 Å². The average Bonchev–Trinajstić information content (AvgIpc) is 3.53. The smallest absolute Gasteiger partial charge is 0.142 e. The molecule has 0 unspecified atom stereocenters. The van der Waals surface area contributed by atoms with Gasteiger partial charge in [0.05, 0.1) is 0 Å². The van der Waals surface area contributed by atoms with E-state index in [1.807, 2.05) is 36.4 Å². The van der Waals surface area contributed by atoms with Crippen molar-refractivity contribution in [3.05, 3.63) is 146 Å². The molecule has 174 valence electrons. The normalized spacial score (nSPS) is 11.2. The Morgan fingerprint density at radius 2 is 0.730 bits per heavy atom. The summed E-state index contributed by atoms with van der Waals surface area (Å²) in [6, 6.07) is 50.6. The number of furan rings is 1. The van der Waals surface area contributed by atoms with Crippen molar-refractivity contribution in [2.24, 2.45) is 0 Å². The minimum atomic E-state index is 0.935. The molecule has 1 heterocycles. The standard InChI is InChI=1S/C20H14O.C16H10/c1-3-9-15(10-4-1)19-17-13-7-8-14-18(17)20(21-19)16-11-5-2-6-12-16;1-2-8-13-12(7-1)14-9-3-5-11-6-4-10-15(13)16(11)14/h1-14H;1-10H. The Morgan fingerprint density at radius 3 is 1.22 bits per heavy atom. The van der Waals surface area contributed by atoms with Gasteiger partial charge in [-0.2, -0.15) is 0 Å². The molecule has 1 nitrogen and oxygen atoms in total. The SMILES string of the molecule is c1ccc(-c2oc(-c3ccccc3)c3ccccc23)cc1.c1ccc2c(c1)-c1cccc3cccc-2c13. The maximum Gasteiger partial charge on any atom is 0.142 e. The topological polar surface area (TPSA) is 13.1 Å². The van der Waals surface area contributed by atoms with Crippen LogP contribution in [0.2, 0.25) is 0 Å². The number of rotatable bonds is 2. The molecular formula is C36H24O. The first kappa shape index (κ1) is 21.4. The predicted octanol–water partition coefficient (Wildman–Crippen LogP) is 10.3. The Labute approximate surface area is 216 Å². The third-order valence-corrected chi connectivity index (χ3v) is 7.10. The van der Waals surface area contributed by atoms with Crippen molar-refractivity contribution in [2.75, 3.05) is 0 Å². The fraction of sp³-hybridized carbons (Fsp3) is 0. The Kier molecular flexibility index (Phi) is 5.19. The van der Waals surface area contributed by atoms with Gasteiger partial charge in [0, 0.05) is 21.9 Å². The molecule has 1 aliphatic carbocycles. The van der Waals surface area contributed by atoms with Gasteiger partial charge in [-0.3, -0.25) is 0 Å². The van der Waals surface area contributed by atoms with Gasteiger partial charge in [-0.1, -0.05) is 146 Å². The lowest BCUT2D eigenvalue weighted by Crippen LogP contribution is -1.73. The molecule has 0 atom stereocenters. The summed E-state index contributed by atoms with van der Waals surface area (Å²) in [7, 11) is 0. The van der Waals surface area contributed by atoms with Crippen LogP contribution in [0.5, 0.6) is 0 Å². The maximum absolute atomic E-state index is 6.24. The van der Waals surface area contributed by atoms with Crippen LogP contribution in [0, 0.1) is 0 Å². The number of hydrogen-bond acceptors (Lipinski definition) is 1. The second-order valence-electron chi connectivity index (χ2n) is 9.29. The first-order valence-corrected chi connectivity index (χ1v) is 12.6. The summed E-state index contributed by atoms with van der Waals surface area (Å²) in [4.78, 5) is 0. The van der Waals surface area contributed by atoms with E-state index in [1.165, 1.54) is 33.0 Å². The van der Waals surface area contributed by atoms with Gasteiger partial charge in [-0.15, -0.1) is 0 Å². The lowest BCUT2D eigenvalue weighted by atomic mass is 10.0. The fourth-order valence-electron chi connectivity index (χ4n) is 5.44. The summed E-state index contributed by atoms with van der Waals surface area (Å²) in [6.45, 7) is 0. The van der Waals surface area contributed by atoms with Crippen LogP contribution in [-0.2, 0) is 0 Å². The van der Waals surface area contributed by atoms with E-state index in [4.69, 9.17) is 4.42 Å². The van der Waals surface area contributed by atoms with Gasteiger partial charge in [-0.25, -0.2) is 0 Å². The van der Waals surface area contributed by atoms with Crippen molar-refractivity contribution in [3.8, 4) is 44.9 Å². The molecule has 7 aromatic rings.